The number of nitrogens with zero attached hydrogens (tertiary/aromatic N) is 1. The van der Waals surface area contributed by atoms with E-state index in [4.69, 9.17) is 0 Å². The number of amides is 1. The molecule has 3 nitrogen and oxygen atoms in total. The third-order valence-electron chi connectivity index (χ3n) is 3.90. The third kappa shape index (κ3) is 2.05. The minimum absolute atomic E-state index is 0.129. The summed E-state index contributed by atoms with van der Waals surface area (Å²) in [6.45, 7) is 5.69. The first-order chi connectivity index (χ1) is 9.16. The highest BCUT2D eigenvalue weighted by atomic mass is 16.2. The van der Waals surface area contributed by atoms with E-state index in [0.29, 0.717) is 0 Å². The standard InChI is InChI=1S/C16H18N2O/c1-11-12(2)17-15-7-6-13(10-14(11)15)16(19)18-8-4-3-5-9-18/h3-4,6-7,10,17H,5,8-9H2,1-2H3. The zero-order chi connectivity index (χ0) is 13.4. The van der Waals surface area contributed by atoms with Gasteiger partial charge in [0.1, 0.15) is 0 Å². The number of hydrogen-bond donors (Lipinski definition) is 1. The molecule has 0 fully saturated rings. The molecule has 0 saturated heterocycles. The van der Waals surface area contributed by atoms with Crippen LogP contribution < -0.4 is 0 Å². The molecule has 0 spiro atoms. The van der Waals surface area contributed by atoms with Crippen LogP contribution in [0.4, 0.5) is 0 Å². The molecule has 1 aliphatic rings. The normalized spacial score (nSPS) is 15.2. The fourth-order valence-electron chi connectivity index (χ4n) is 2.60. The first kappa shape index (κ1) is 12.0. The minimum atomic E-state index is 0.129. The molecule has 0 radical (unpaired) electrons. The van der Waals surface area contributed by atoms with Gasteiger partial charge in [0.15, 0.2) is 0 Å². The minimum Gasteiger partial charge on any atom is -0.358 e. The maximum absolute atomic E-state index is 12.4. The quantitative estimate of drug-likeness (QED) is 0.779. The Labute approximate surface area is 112 Å². The van der Waals surface area contributed by atoms with Crippen LogP contribution in [0.25, 0.3) is 10.9 Å². The summed E-state index contributed by atoms with van der Waals surface area (Å²) in [5, 5.41) is 1.15. The van der Waals surface area contributed by atoms with Crippen molar-refractivity contribution >= 4 is 16.8 Å². The highest BCUT2D eigenvalue weighted by Crippen LogP contribution is 2.23. The second kappa shape index (κ2) is 4.57. The van der Waals surface area contributed by atoms with E-state index >= 15 is 0 Å². The van der Waals surface area contributed by atoms with Gasteiger partial charge in [-0.3, -0.25) is 4.79 Å². The highest BCUT2D eigenvalue weighted by Gasteiger charge is 2.17. The van der Waals surface area contributed by atoms with Crippen molar-refractivity contribution in [3.63, 3.8) is 0 Å². The van der Waals surface area contributed by atoms with Crippen LogP contribution in [0.1, 0.15) is 28.0 Å². The van der Waals surface area contributed by atoms with Crippen LogP contribution in [0.15, 0.2) is 30.4 Å². The van der Waals surface area contributed by atoms with Gasteiger partial charge < -0.3 is 9.88 Å². The third-order valence-corrected chi connectivity index (χ3v) is 3.90. The number of aromatic nitrogens is 1. The lowest BCUT2D eigenvalue weighted by Gasteiger charge is -2.23. The molecule has 98 valence electrons. The lowest BCUT2D eigenvalue weighted by molar-refractivity contribution is 0.0771. The Hall–Kier alpha value is -2.03. The van der Waals surface area contributed by atoms with E-state index < -0.39 is 0 Å². The number of aromatic amines is 1. The zero-order valence-electron chi connectivity index (χ0n) is 11.4. The van der Waals surface area contributed by atoms with Gasteiger partial charge in [-0.1, -0.05) is 12.2 Å². The first-order valence-corrected chi connectivity index (χ1v) is 6.70. The predicted octanol–water partition coefficient (Wildman–Crippen LogP) is 3.19. The Balaban J connectivity index is 1.98. The molecular formula is C16H18N2O. The Morgan fingerprint density at radius 2 is 2.11 bits per heavy atom. The summed E-state index contributed by atoms with van der Waals surface area (Å²) in [7, 11) is 0. The maximum Gasteiger partial charge on any atom is 0.254 e. The SMILES string of the molecule is Cc1[nH]c2ccc(C(=O)N3CC=CCC3)cc2c1C. The topological polar surface area (TPSA) is 36.1 Å². The molecule has 1 aliphatic heterocycles. The van der Waals surface area contributed by atoms with Gasteiger partial charge in [0.05, 0.1) is 0 Å². The molecule has 3 heteroatoms. The molecule has 2 aromatic rings. The van der Waals surface area contributed by atoms with Crippen molar-refractivity contribution in [2.45, 2.75) is 20.3 Å². The molecule has 1 aromatic heterocycles. The fourth-order valence-corrected chi connectivity index (χ4v) is 2.60. The summed E-state index contributed by atoms with van der Waals surface area (Å²) in [5.74, 6) is 0.129. The molecule has 0 unspecified atom stereocenters. The molecular weight excluding hydrogens is 236 g/mol. The van der Waals surface area contributed by atoms with Crippen molar-refractivity contribution in [3.8, 4) is 0 Å². The largest absolute Gasteiger partial charge is 0.358 e. The Morgan fingerprint density at radius 3 is 2.84 bits per heavy atom. The fraction of sp³-hybridized carbons (Fsp3) is 0.312. The van der Waals surface area contributed by atoms with Gasteiger partial charge in [0.2, 0.25) is 0 Å². The molecule has 2 heterocycles. The number of benzene rings is 1. The van der Waals surface area contributed by atoms with Crippen LogP contribution in [0.3, 0.4) is 0 Å². The highest BCUT2D eigenvalue weighted by molar-refractivity contribution is 5.99. The average Bonchev–Trinajstić information content (AvgIpc) is 2.74. The van der Waals surface area contributed by atoms with Gasteiger partial charge in [-0.2, -0.15) is 0 Å². The molecule has 1 N–H and O–H groups in total. The van der Waals surface area contributed by atoms with E-state index in [1.807, 2.05) is 23.1 Å². The number of fused-ring (bicyclic) bond motifs is 1. The van der Waals surface area contributed by atoms with Crippen molar-refractivity contribution in [2.75, 3.05) is 13.1 Å². The monoisotopic (exact) mass is 254 g/mol. The second-order valence-electron chi connectivity index (χ2n) is 5.15. The predicted molar refractivity (Wildman–Crippen MR) is 77.4 cm³/mol. The number of H-pyrrole nitrogens is 1. The van der Waals surface area contributed by atoms with Crippen LogP contribution in [0, 0.1) is 13.8 Å². The molecule has 19 heavy (non-hydrogen) atoms. The van der Waals surface area contributed by atoms with E-state index in [2.05, 4.69) is 31.0 Å². The number of rotatable bonds is 1. The van der Waals surface area contributed by atoms with Crippen molar-refractivity contribution in [1.82, 2.24) is 9.88 Å². The maximum atomic E-state index is 12.4. The number of hydrogen-bond acceptors (Lipinski definition) is 1. The summed E-state index contributed by atoms with van der Waals surface area (Å²) in [4.78, 5) is 17.7. The van der Waals surface area contributed by atoms with E-state index in [1.165, 1.54) is 11.3 Å². The van der Waals surface area contributed by atoms with Crippen LogP contribution in [0.2, 0.25) is 0 Å². The van der Waals surface area contributed by atoms with Gasteiger partial charge in [0, 0.05) is 35.2 Å². The first-order valence-electron chi connectivity index (χ1n) is 6.70. The van der Waals surface area contributed by atoms with Crippen molar-refractivity contribution < 1.29 is 4.79 Å². The van der Waals surface area contributed by atoms with Crippen LogP contribution in [-0.2, 0) is 0 Å². The van der Waals surface area contributed by atoms with Crippen LogP contribution in [-0.4, -0.2) is 28.9 Å². The summed E-state index contributed by atoms with van der Waals surface area (Å²) in [6.07, 6.45) is 5.15. The summed E-state index contributed by atoms with van der Waals surface area (Å²) in [5.41, 5.74) is 4.28. The van der Waals surface area contributed by atoms with E-state index in [1.54, 1.807) is 0 Å². The molecule has 0 atom stereocenters. The van der Waals surface area contributed by atoms with Gasteiger partial charge in [0.25, 0.3) is 5.91 Å². The number of carbonyl (C=O) groups is 1. The van der Waals surface area contributed by atoms with Crippen LogP contribution >= 0.6 is 0 Å². The Bertz CT molecular complexity index is 667. The smallest absolute Gasteiger partial charge is 0.254 e. The lowest BCUT2D eigenvalue weighted by atomic mass is 10.1. The summed E-state index contributed by atoms with van der Waals surface area (Å²) >= 11 is 0. The molecule has 0 aliphatic carbocycles. The van der Waals surface area contributed by atoms with Crippen molar-refractivity contribution in [1.29, 1.82) is 0 Å². The van der Waals surface area contributed by atoms with Crippen LogP contribution in [0.5, 0.6) is 0 Å². The Morgan fingerprint density at radius 1 is 1.26 bits per heavy atom. The average molecular weight is 254 g/mol. The Kier molecular flexibility index (Phi) is 2.90. The van der Waals surface area contributed by atoms with Gasteiger partial charge in [-0.15, -0.1) is 0 Å². The number of nitrogens with one attached hydrogen (secondary N) is 1. The molecule has 1 amide bonds. The molecule has 3 rings (SSSR count). The molecule has 0 saturated carbocycles. The van der Waals surface area contributed by atoms with Gasteiger partial charge >= 0.3 is 0 Å². The second-order valence-corrected chi connectivity index (χ2v) is 5.15. The van der Waals surface area contributed by atoms with E-state index in [0.717, 1.165) is 36.0 Å². The number of carbonyl (C=O) groups excluding carboxylic acids is 1. The van der Waals surface area contributed by atoms with E-state index in [9.17, 15) is 4.79 Å². The summed E-state index contributed by atoms with van der Waals surface area (Å²) < 4.78 is 0. The van der Waals surface area contributed by atoms with Crippen molar-refractivity contribution in [2.24, 2.45) is 0 Å². The lowest BCUT2D eigenvalue weighted by Crippen LogP contribution is -2.33. The zero-order valence-corrected chi connectivity index (χ0v) is 11.4. The van der Waals surface area contributed by atoms with Crippen molar-refractivity contribution in [3.05, 3.63) is 47.2 Å². The van der Waals surface area contributed by atoms with Gasteiger partial charge in [-0.05, 0) is 44.0 Å². The van der Waals surface area contributed by atoms with E-state index in [-0.39, 0.29) is 5.91 Å². The van der Waals surface area contributed by atoms with Gasteiger partial charge in [-0.25, -0.2) is 0 Å². The summed E-state index contributed by atoms with van der Waals surface area (Å²) in [6, 6.07) is 5.93. The molecule has 0 bridgehead atoms. The number of aryl methyl sites for hydroxylation is 2. The molecule has 1 aromatic carbocycles.